The summed E-state index contributed by atoms with van der Waals surface area (Å²) in [5.41, 5.74) is 2.01. The Kier molecular flexibility index (Phi) is 8.36. The van der Waals surface area contributed by atoms with Crippen LogP contribution in [0.5, 0.6) is 0 Å². The Morgan fingerprint density at radius 2 is 2.00 bits per heavy atom. The van der Waals surface area contributed by atoms with Gasteiger partial charge in [0.15, 0.2) is 5.58 Å². The van der Waals surface area contributed by atoms with Crippen LogP contribution in [0.4, 0.5) is 4.39 Å². The van der Waals surface area contributed by atoms with Crippen LogP contribution in [-0.2, 0) is 16.1 Å². The quantitative estimate of drug-likeness (QED) is 0.397. The summed E-state index contributed by atoms with van der Waals surface area (Å²) < 4.78 is 27.6. The number of ether oxygens (including phenoxy) is 1. The van der Waals surface area contributed by atoms with Crippen molar-refractivity contribution in [3.05, 3.63) is 58.2 Å². The summed E-state index contributed by atoms with van der Waals surface area (Å²) in [5, 5.41) is 3.29. The van der Waals surface area contributed by atoms with Crippen LogP contribution >= 0.6 is 11.6 Å². The summed E-state index contributed by atoms with van der Waals surface area (Å²) in [7, 11) is 0. The van der Waals surface area contributed by atoms with Crippen LogP contribution in [-0.4, -0.2) is 53.6 Å². The molecule has 1 saturated heterocycles. The van der Waals surface area contributed by atoms with Crippen LogP contribution in [0.15, 0.2) is 34.7 Å². The molecule has 0 unspecified atom stereocenters. The van der Waals surface area contributed by atoms with E-state index in [0.29, 0.717) is 72.2 Å². The van der Waals surface area contributed by atoms with Gasteiger partial charge in [-0.05, 0) is 52.2 Å². The van der Waals surface area contributed by atoms with Crippen molar-refractivity contribution in [2.45, 2.75) is 52.7 Å². The van der Waals surface area contributed by atoms with Crippen molar-refractivity contribution < 1.29 is 23.1 Å². The second kappa shape index (κ2) is 11.5. The average Bonchev–Trinajstić information content (AvgIpc) is 3.36. The van der Waals surface area contributed by atoms with Crippen LogP contribution < -0.4 is 5.32 Å². The molecule has 1 aliphatic rings. The lowest BCUT2D eigenvalue weighted by Gasteiger charge is -2.31. The second-order valence-electron chi connectivity index (χ2n) is 9.55. The number of likely N-dealkylation sites (tertiary alicyclic amines) is 1. The van der Waals surface area contributed by atoms with Crippen molar-refractivity contribution in [1.29, 1.82) is 0 Å². The first-order valence-corrected chi connectivity index (χ1v) is 12.8. The number of aromatic nitrogens is 1. The molecular weight excluding hydrogens is 485 g/mol. The number of halogens is 2. The van der Waals surface area contributed by atoms with E-state index in [2.05, 4.69) is 5.32 Å². The van der Waals surface area contributed by atoms with Crippen molar-refractivity contribution in [3.63, 3.8) is 0 Å². The zero-order valence-corrected chi connectivity index (χ0v) is 21.7. The van der Waals surface area contributed by atoms with Crippen LogP contribution in [0.2, 0.25) is 5.02 Å². The van der Waals surface area contributed by atoms with Crippen molar-refractivity contribution >= 4 is 34.5 Å². The fraction of sp³-hybridized carbons (Fsp3) is 0.481. The molecule has 0 radical (unpaired) electrons. The number of nitrogens with zero attached hydrogens (tertiary/aromatic N) is 2. The lowest BCUT2D eigenvalue weighted by Crippen LogP contribution is -2.43. The van der Waals surface area contributed by atoms with Crippen molar-refractivity contribution in [2.75, 3.05) is 26.2 Å². The third-order valence-corrected chi connectivity index (χ3v) is 6.89. The summed E-state index contributed by atoms with van der Waals surface area (Å²) >= 11 is 6.28. The molecule has 1 aromatic carbocycles. The first kappa shape index (κ1) is 26.2. The molecule has 3 aromatic rings. The molecule has 0 atom stereocenters. The maximum atomic E-state index is 14.6. The number of hydrogen-bond donors (Lipinski definition) is 1. The van der Waals surface area contributed by atoms with Crippen LogP contribution in [0.1, 0.15) is 54.9 Å². The van der Waals surface area contributed by atoms with Crippen LogP contribution in [0.3, 0.4) is 0 Å². The van der Waals surface area contributed by atoms with E-state index >= 15 is 0 Å². The SMILES string of the molecule is Cc1cc2c(cc(C(=O)N3CCC(C(=O)NCCCOC(C)C)CC3)n2Cc2c(F)cccc2Cl)o1. The van der Waals surface area contributed by atoms with E-state index in [-0.39, 0.29) is 30.4 Å². The molecular formula is C27H33ClFN3O4. The Bertz CT molecular complexity index is 1210. The highest BCUT2D eigenvalue weighted by Crippen LogP contribution is 2.29. The molecule has 0 spiro atoms. The van der Waals surface area contributed by atoms with Gasteiger partial charge in [0.2, 0.25) is 5.91 Å². The molecule has 1 aliphatic heterocycles. The average molecular weight is 518 g/mol. The molecule has 194 valence electrons. The Morgan fingerprint density at radius 3 is 2.69 bits per heavy atom. The number of aryl methyl sites for hydroxylation is 1. The predicted octanol–water partition coefficient (Wildman–Crippen LogP) is 5.17. The number of fused-ring (bicyclic) bond motifs is 1. The Balaban J connectivity index is 1.42. The number of amides is 2. The normalized spacial score (nSPS) is 14.7. The van der Waals surface area contributed by atoms with Gasteiger partial charge in [-0.1, -0.05) is 17.7 Å². The Morgan fingerprint density at radius 1 is 1.25 bits per heavy atom. The monoisotopic (exact) mass is 517 g/mol. The zero-order chi connectivity index (χ0) is 25.8. The van der Waals surface area contributed by atoms with E-state index in [9.17, 15) is 14.0 Å². The number of rotatable bonds is 9. The van der Waals surface area contributed by atoms with Crippen LogP contribution in [0.25, 0.3) is 11.1 Å². The van der Waals surface area contributed by atoms with Crippen molar-refractivity contribution in [3.8, 4) is 0 Å². The van der Waals surface area contributed by atoms with E-state index in [1.165, 1.54) is 6.07 Å². The molecule has 36 heavy (non-hydrogen) atoms. The molecule has 0 bridgehead atoms. The predicted molar refractivity (Wildman–Crippen MR) is 137 cm³/mol. The lowest BCUT2D eigenvalue weighted by molar-refractivity contribution is -0.126. The summed E-state index contributed by atoms with van der Waals surface area (Å²) in [5.74, 6) is 0.0111. The van der Waals surface area contributed by atoms with Gasteiger partial charge in [-0.25, -0.2) is 4.39 Å². The molecule has 3 heterocycles. The summed E-state index contributed by atoms with van der Waals surface area (Å²) in [6, 6.07) is 8.09. The molecule has 4 rings (SSSR count). The van der Waals surface area contributed by atoms with Gasteiger partial charge < -0.3 is 23.9 Å². The number of furan rings is 1. The molecule has 0 saturated carbocycles. The number of piperidine rings is 1. The largest absolute Gasteiger partial charge is 0.460 e. The first-order valence-electron chi connectivity index (χ1n) is 12.5. The number of carbonyl (C=O) groups excluding carboxylic acids is 2. The Hall–Kier alpha value is -2.84. The van der Waals surface area contributed by atoms with E-state index in [1.807, 2.05) is 26.8 Å². The molecule has 1 N–H and O–H groups in total. The van der Waals surface area contributed by atoms with Gasteiger partial charge in [0.05, 0.1) is 18.2 Å². The third kappa shape index (κ3) is 5.93. The van der Waals surface area contributed by atoms with Crippen molar-refractivity contribution in [1.82, 2.24) is 14.8 Å². The third-order valence-electron chi connectivity index (χ3n) is 6.53. The maximum absolute atomic E-state index is 14.6. The minimum atomic E-state index is -0.425. The number of benzene rings is 1. The molecule has 9 heteroatoms. The van der Waals surface area contributed by atoms with E-state index in [0.717, 1.165) is 6.42 Å². The first-order chi connectivity index (χ1) is 17.2. The maximum Gasteiger partial charge on any atom is 0.270 e. The minimum Gasteiger partial charge on any atom is -0.460 e. The highest BCUT2D eigenvalue weighted by Gasteiger charge is 2.30. The van der Waals surface area contributed by atoms with Gasteiger partial charge >= 0.3 is 0 Å². The molecule has 0 aliphatic carbocycles. The summed E-state index contributed by atoms with van der Waals surface area (Å²) in [4.78, 5) is 27.8. The Labute approximate surface area is 215 Å². The fourth-order valence-corrected chi connectivity index (χ4v) is 4.83. The summed E-state index contributed by atoms with van der Waals surface area (Å²) in [6.07, 6.45) is 2.13. The topological polar surface area (TPSA) is 76.7 Å². The van der Waals surface area contributed by atoms with Gasteiger partial charge in [-0.2, -0.15) is 0 Å². The summed E-state index contributed by atoms with van der Waals surface area (Å²) in [6.45, 7) is 8.04. The number of nitrogens with one attached hydrogen (secondary N) is 1. The van der Waals surface area contributed by atoms with Gasteiger partial charge in [-0.3, -0.25) is 9.59 Å². The van der Waals surface area contributed by atoms with Gasteiger partial charge in [0.1, 0.15) is 17.3 Å². The lowest BCUT2D eigenvalue weighted by atomic mass is 9.95. The molecule has 2 aromatic heterocycles. The zero-order valence-electron chi connectivity index (χ0n) is 21.0. The van der Waals surface area contributed by atoms with Gasteiger partial charge in [0.25, 0.3) is 5.91 Å². The van der Waals surface area contributed by atoms with Gasteiger partial charge in [0, 0.05) is 54.9 Å². The van der Waals surface area contributed by atoms with Crippen molar-refractivity contribution in [2.24, 2.45) is 5.92 Å². The molecule has 7 nitrogen and oxygen atoms in total. The number of hydrogen-bond acceptors (Lipinski definition) is 4. The highest BCUT2D eigenvalue weighted by molar-refractivity contribution is 6.31. The molecule has 1 fully saturated rings. The van der Waals surface area contributed by atoms with Crippen LogP contribution in [0, 0.1) is 18.7 Å². The second-order valence-corrected chi connectivity index (χ2v) is 9.96. The highest BCUT2D eigenvalue weighted by atomic mass is 35.5. The van der Waals surface area contributed by atoms with E-state index in [4.69, 9.17) is 20.8 Å². The minimum absolute atomic E-state index is 0.0252. The molecule has 2 amide bonds. The fourth-order valence-electron chi connectivity index (χ4n) is 4.61. The van der Waals surface area contributed by atoms with Gasteiger partial charge in [-0.15, -0.1) is 0 Å². The smallest absolute Gasteiger partial charge is 0.270 e. The number of carbonyl (C=O) groups is 2. The van der Waals surface area contributed by atoms with E-state index < -0.39 is 5.82 Å². The standard InChI is InChI=1S/C27H33ClFN3O4/c1-17(2)35-13-5-10-30-26(33)19-8-11-31(12-9-19)27(34)24-15-25-23(14-18(3)36-25)32(24)16-20-21(28)6-4-7-22(20)29/h4,6-7,14-15,17,19H,5,8-13,16H2,1-3H3,(H,30,33). The van der Waals surface area contributed by atoms with E-state index in [1.54, 1.807) is 27.7 Å².